The maximum atomic E-state index is 11.0. The van der Waals surface area contributed by atoms with Gasteiger partial charge in [0.25, 0.3) is 0 Å². The average molecular weight is 291 g/mol. The number of rotatable bonds is 1. The van der Waals surface area contributed by atoms with Crippen molar-refractivity contribution in [3.63, 3.8) is 0 Å². The van der Waals surface area contributed by atoms with Crippen LogP contribution in [-0.2, 0) is 14.1 Å². The molecular weight excluding hydrogens is 280 g/mol. The van der Waals surface area contributed by atoms with Crippen LogP contribution in [0.2, 0.25) is 0 Å². The number of para-hydroxylation sites is 1. The summed E-state index contributed by atoms with van der Waals surface area (Å²) >= 11 is 3.57. The Morgan fingerprint density at radius 3 is 2.65 bits per heavy atom. The molecule has 3 rings (SSSR count). The largest absolute Gasteiger partial charge is 0.341 e. The van der Waals surface area contributed by atoms with Crippen molar-refractivity contribution >= 4 is 44.2 Å². The number of nitrogens with zero attached hydrogens (tertiary/aromatic N) is 2. The highest BCUT2D eigenvalue weighted by Crippen LogP contribution is 2.33. The van der Waals surface area contributed by atoms with E-state index in [1.54, 1.807) is 0 Å². The van der Waals surface area contributed by atoms with E-state index in [-0.39, 0.29) is 0 Å². The van der Waals surface area contributed by atoms with Crippen LogP contribution in [0.5, 0.6) is 0 Å². The number of fused-ring (bicyclic) bond motifs is 3. The number of carbonyl (C=O) groups is 1. The Morgan fingerprint density at radius 1 is 1.18 bits per heavy atom. The van der Waals surface area contributed by atoms with Crippen LogP contribution in [0, 0.1) is 0 Å². The molecule has 0 atom stereocenters. The molecule has 2 heterocycles. The molecule has 86 valence electrons. The van der Waals surface area contributed by atoms with Gasteiger partial charge in [0, 0.05) is 24.0 Å². The number of benzene rings is 1. The predicted octanol–water partition coefficient (Wildman–Crippen LogP) is 3.25. The molecule has 0 radical (unpaired) electrons. The van der Waals surface area contributed by atoms with Crippen LogP contribution in [-0.4, -0.2) is 15.4 Å². The first-order chi connectivity index (χ1) is 8.15. The fourth-order valence-electron chi connectivity index (χ4n) is 2.46. The third kappa shape index (κ3) is 1.24. The van der Waals surface area contributed by atoms with E-state index in [1.807, 2.05) is 36.9 Å². The third-order valence-corrected chi connectivity index (χ3v) is 3.95. The molecule has 0 fully saturated rings. The maximum absolute atomic E-state index is 11.0. The van der Waals surface area contributed by atoms with E-state index in [0.29, 0.717) is 5.69 Å². The van der Waals surface area contributed by atoms with Gasteiger partial charge in [-0.15, -0.1) is 0 Å². The molecule has 0 aliphatic rings. The molecule has 0 saturated heterocycles. The molecule has 0 saturated carbocycles. The molecule has 0 N–H and O–H groups in total. The minimum Gasteiger partial charge on any atom is -0.341 e. The molecule has 0 spiro atoms. The predicted molar refractivity (Wildman–Crippen MR) is 72.5 cm³/mol. The molecule has 2 aromatic heterocycles. The molecule has 0 amide bonds. The zero-order valence-corrected chi connectivity index (χ0v) is 11.2. The molecule has 0 aliphatic carbocycles. The summed E-state index contributed by atoms with van der Waals surface area (Å²) in [5, 5.41) is 1.16. The van der Waals surface area contributed by atoms with Gasteiger partial charge in [-0.2, -0.15) is 0 Å². The molecule has 0 unspecified atom stereocenters. The van der Waals surface area contributed by atoms with E-state index < -0.39 is 0 Å². The third-order valence-electron chi connectivity index (χ3n) is 3.31. The number of hydrogen-bond donors (Lipinski definition) is 0. The summed E-state index contributed by atoms with van der Waals surface area (Å²) in [5.74, 6) is 0. The van der Waals surface area contributed by atoms with Crippen molar-refractivity contribution in [2.45, 2.75) is 0 Å². The zero-order chi connectivity index (χ0) is 12.2. The van der Waals surface area contributed by atoms with Gasteiger partial charge >= 0.3 is 0 Å². The molecule has 1 aromatic carbocycles. The summed E-state index contributed by atoms with van der Waals surface area (Å²) in [5.41, 5.74) is 4.04. The Hall–Kier alpha value is -1.55. The summed E-state index contributed by atoms with van der Waals surface area (Å²) < 4.78 is 5.13. The van der Waals surface area contributed by atoms with Gasteiger partial charge in [0.05, 0.1) is 22.2 Å². The molecular formula is C13H11BrN2O. The van der Waals surface area contributed by atoms with E-state index in [1.165, 1.54) is 0 Å². The van der Waals surface area contributed by atoms with Gasteiger partial charge in [-0.25, -0.2) is 0 Å². The van der Waals surface area contributed by atoms with Crippen LogP contribution >= 0.6 is 15.9 Å². The van der Waals surface area contributed by atoms with Crippen molar-refractivity contribution in [3.8, 4) is 0 Å². The Kier molecular flexibility index (Phi) is 2.16. The first-order valence-electron chi connectivity index (χ1n) is 5.32. The summed E-state index contributed by atoms with van der Waals surface area (Å²) in [7, 11) is 3.94. The number of aromatic nitrogens is 2. The Bertz CT molecular complexity index is 752. The van der Waals surface area contributed by atoms with Crippen molar-refractivity contribution in [2.75, 3.05) is 0 Å². The molecule has 3 aromatic rings. The van der Waals surface area contributed by atoms with Gasteiger partial charge in [0.15, 0.2) is 6.29 Å². The van der Waals surface area contributed by atoms with Crippen molar-refractivity contribution in [3.05, 3.63) is 34.4 Å². The minimum absolute atomic E-state index is 0.701. The average Bonchev–Trinajstić information content (AvgIpc) is 2.78. The molecule has 0 bridgehead atoms. The van der Waals surface area contributed by atoms with E-state index in [0.717, 1.165) is 32.7 Å². The van der Waals surface area contributed by atoms with Crippen molar-refractivity contribution < 1.29 is 4.79 Å². The zero-order valence-electron chi connectivity index (χ0n) is 9.57. The second-order valence-electron chi connectivity index (χ2n) is 4.17. The second-order valence-corrected chi connectivity index (χ2v) is 5.03. The summed E-state index contributed by atoms with van der Waals surface area (Å²) in [6.07, 6.45) is 0.893. The van der Waals surface area contributed by atoms with E-state index >= 15 is 0 Å². The Balaban J connectivity index is 2.63. The fraction of sp³-hybridized carbons (Fsp3) is 0.154. The molecule has 0 aliphatic heterocycles. The number of carbonyl (C=O) groups excluding carboxylic acids is 1. The van der Waals surface area contributed by atoms with Crippen LogP contribution in [0.1, 0.15) is 10.5 Å². The standard InChI is InChI=1S/C13H11BrN2O/c1-15-8(7-17)6-11-13(15)9-4-3-5-10(14)12(9)16(11)2/h3-7H,1-2H3. The molecule has 4 heteroatoms. The lowest BCUT2D eigenvalue weighted by molar-refractivity contribution is 0.111. The number of aldehydes is 1. The van der Waals surface area contributed by atoms with Gasteiger partial charge in [-0.3, -0.25) is 4.79 Å². The fourth-order valence-corrected chi connectivity index (χ4v) is 3.09. The highest BCUT2D eigenvalue weighted by Gasteiger charge is 2.15. The van der Waals surface area contributed by atoms with Gasteiger partial charge in [0.2, 0.25) is 0 Å². The first kappa shape index (κ1) is 10.6. The topological polar surface area (TPSA) is 26.9 Å². The molecule has 3 nitrogen and oxygen atoms in total. The monoisotopic (exact) mass is 290 g/mol. The van der Waals surface area contributed by atoms with E-state index in [2.05, 4.69) is 26.6 Å². The number of hydrogen-bond acceptors (Lipinski definition) is 1. The van der Waals surface area contributed by atoms with Crippen LogP contribution in [0.3, 0.4) is 0 Å². The van der Waals surface area contributed by atoms with Crippen LogP contribution < -0.4 is 0 Å². The lowest BCUT2D eigenvalue weighted by Gasteiger charge is -2.00. The molecule has 17 heavy (non-hydrogen) atoms. The summed E-state index contributed by atoms with van der Waals surface area (Å²) in [6, 6.07) is 8.05. The van der Waals surface area contributed by atoms with Crippen molar-refractivity contribution in [2.24, 2.45) is 14.1 Å². The second kappa shape index (κ2) is 3.47. The van der Waals surface area contributed by atoms with Crippen molar-refractivity contribution in [1.29, 1.82) is 0 Å². The lowest BCUT2D eigenvalue weighted by Crippen LogP contribution is -1.93. The van der Waals surface area contributed by atoms with Gasteiger partial charge < -0.3 is 9.13 Å². The number of aryl methyl sites for hydroxylation is 2. The Labute approximate surface area is 107 Å². The van der Waals surface area contributed by atoms with E-state index in [9.17, 15) is 4.79 Å². The maximum Gasteiger partial charge on any atom is 0.166 e. The summed E-state index contributed by atoms with van der Waals surface area (Å²) in [4.78, 5) is 11.0. The van der Waals surface area contributed by atoms with Gasteiger partial charge in [-0.1, -0.05) is 12.1 Å². The van der Waals surface area contributed by atoms with Gasteiger partial charge in [-0.05, 0) is 28.1 Å². The van der Waals surface area contributed by atoms with Crippen LogP contribution in [0.4, 0.5) is 0 Å². The quantitative estimate of drug-likeness (QED) is 0.632. The summed E-state index contributed by atoms with van der Waals surface area (Å²) in [6.45, 7) is 0. The lowest BCUT2D eigenvalue weighted by atomic mass is 10.2. The SMILES string of the molecule is Cn1c(C=O)cc2c1c1cccc(Br)c1n2C. The van der Waals surface area contributed by atoms with E-state index in [4.69, 9.17) is 0 Å². The highest BCUT2D eigenvalue weighted by molar-refractivity contribution is 9.10. The van der Waals surface area contributed by atoms with Crippen molar-refractivity contribution in [1.82, 2.24) is 9.13 Å². The van der Waals surface area contributed by atoms with Crippen LogP contribution in [0.15, 0.2) is 28.7 Å². The minimum atomic E-state index is 0.701. The highest BCUT2D eigenvalue weighted by atomic mass is 79.9. The van der Waals surface area contributed by atoms with Crippen LogP contribution in [0.25, 0.3) is 21.9 Å². The first-order valence-corrected chi connectivity index (χ1v) is 6.12. The number of halogens is 1. The normalized spacial score (nSPS) is 11.5. The smallest absolute Gasteiger partial charge is 0.166 e. The van der Waals surface area contributed by atoms with Gasteiger partial charge in [0.1, 0.15) is 0 Å². The Morgan fingerprint density at radius 2 is 1.94 bits per heavy atom.